The summed E-state index contributed by atoms with van der Waals surface area (Å²) in [4.78, 5) is 2.78. The molecule has 0 spiro atoms. The maximum absolute atomic E-state index is 11.9. The molecule has 1 unspecified atom stereocenters. The van der Waals surface area contributed by atoms with Crippen LogP contribution in [0.1, 0.15) is 13.8 Å². The lowest BCUT2D eigenvalue weighted by Crippen LogP contribution is -2.49. The third-order valence-electron chi connectivity index (χ3n) is 4.07. The SMILES string of the molecule is CC(C)C(CNc1ccccc1S(C)(=O)=O)N1CCOCC1. The zero-order chi connectivity index (χ0) is 16.2. The summed E-state index contributed by atoms with van der Waals surface area (Å²) in [7, 11) is -3.22. The molecule has 2 rings (SSSR count). The van der Waals surface area contributed by atoms with Gasteiger partial charge in [-0.2, -0.15) is 0 Å². The zero-order valence-corrected chi connectivity index (χ0v) is 14.4. The van der Waals surface area contributed by atoms with Crippen molar-refractivity contribution in [1.82, 2.24) is 4.90 Å². The highest BCUT2D eigenvalue weighted by molar-refractivity contribution is 7.90. The summed E-state index contributed by atoms with van der Waals surface area (Å²) in [5.41, 5.74) is 0.684. The second-order valence-corrected chi connectivity index (χ2v) is 8.09. The normalized spacial score (nSPS) is 18.4. The lowest BCUT2D eigenvalue weighted by atomic mass is 10.0. The van der Waals surface area contributed by atoms with Gasteiger partial charge in [-0.05, 0) is 18.1 Å². The van der Waals surface area contributed by atoms with E-state index >= 15 is 0 Å². The molecular formula is C16H26N2O3S. The van der Waals surface area contributed by atoms with Crippen LogP contribution in [0.3, 0.4) is 0 Å². The van der Waals surface area contributed by atoms with Crippen molar-refractivity contribution in [3.63, 3.8) is 0 Å². The molecule has 22 heavy (non-hydrogen) atoms. The first kappa shape index (κ1) is 17.2. The lowest BCUT2D eigenvalue weighted by molar-refractivity contribution is 0.00954. The summed E-state index contributed by atoms with van der Waals surface area (Å²) >= 11 is 0. The predicted molar refractivity (Wildman–Crippen MR) is 89.1 cm³/mol. The first-order valence-electron chi connectivity index (χ1n) is 7.74. The molecule has 1 saturated heterocycles. The van der Waals surface area contributed by atoms with Crippen LogP contribution in [-0.2, 0) is 14.6 Å². The molecule has 0 aliphatic carbocycles. The summed E-state index contributed by atoms with van der Waals surface area (Å²) in [6.07, 6.45) is 1.25. The van der Waals surface area contributed by atoms with Crippen LogP contribution in [0.25, 0.3) is 0 Å². The van der Waals surface area contributed by atoms with Gasteiger partial charge in [0.25, 0.3) is 0 Å². The van der Waals surface area contributed by atoms with E-state index in [9.17, 15) is 8.42 Å². The molecule has 5 nitrogen and oxygen atoms in total. The van der Waals surface area contributed by atoms with E-state index in [0.29, 0.717) is 22.5 Å². The second-order valence-electron chi connectivity index (χ2n) is 6.11. The number of sulfone groups is 1. The van der Waals surface area contributed by atoms with Gasteiger partial charge >= 0.3 is 0 Å². The molecule has 1 heterocycles. The Morgan fingerprint density at radius 1 is 1.23 bits per heavy atom. The van der Waals surface area contributed by atoms with Crippen molar-refractivity contribution in [2.75, 3.05) is 44.4 Å². The zero-order valence-electron chi connectivity index (χ0n) is 13.6. The van der Waals surface area contributed by atoms with E-state index in [1.54, 1.807) is 12.1 Å². The molecule has 124 valence electrons. The fourth-order valence-electron chi connectivity index (χ4n) is 2.85. The number of morpholine rings is 1. The van der Waals surface area contributed by atoms with Crippen molar-refractivity contribution in [2.45, 2.75) is 24.8 Å². The van der Waals surface area contributed by atoms with Gasteiger partial charge in [0.05, 0.1) is 23.8 Å². The molecule has 6 heteroatoms. The fourth-order valence-corrected chi connectivity index (χ4v) is 3.71. The van der Waals surface area contributed by atoms with Gasteiger partial charge in [0.1, 0.15) is 0 Å². The Balaban J connectivity index is 2.10. The van der Waals surface area contributed by atoms with Crippen molar-refractivity contribution in [2.24, 2.45) is 5.92 Å². The maximum Gasteiger partial charge on any atom is 0.177 e. The van der Waals surface area contributed by atoms with Gasteiger partial charge in [-0.15, -0.1) is 0 Å². The largest absolute Gasteiger partial charge is 0.382 e. The number of rotatable bonds is 6. The first-order chi connectivity index (χ1) is 10.4. The maximum atomic E-state index is 11.9. The molecular weight excluding hydrogens is 300 g/mol. The van der Waals surface area contributed by atoms with Crippen LogP contribution in [0.2, 0.25) is 0 Å². The average Bonchev–Trinajstić information content (AvgIpc) is 2.47. The van der Waals surface area contributed by atoms with E-state index in [1.165, 1.54) is 6.26 Å². The number of nitrogens with zero attached hydrogens (tertiary/aromatic N) is 1. The van der Waals surface area contributed by atoms with Crippen molar-refractivity contribution >= 4 is 15.5 Å². The molecule has 0 amide bonds. The number of nitrogens with one attached hydrogen (secondary N) is 1. The van der Waals surface area contributed by atoms with Gasteiger partial charge in [-0.25, -0.2) is 8.42 Å². The van der Waals surface area contributed by atoms with Crippen LogP contribution in [-0.4, -0.2) is 58.5 Å². The number of ether oxygens (including phenoxy) is 1. The molecule has 0 saturated carbocycles. The van der Waals surface area contributed by atoms with E-state index in [0.717, 1.165) is 32.8 Å². The third-order valence-corrected chi connectivity index (χ3v) is 5.23. The van der Waals surface area contributed by atoms with Gasteiger partial charge in [-0.1, -0.05) is 26.0 Å². The van der Waals surface area contributed by atoms with Crippen molar-refractivity contribution in [3.05, 3.63) is 24.3 Å². The van der Waals surface area contributed by atoms with Crippen LogP contribution in [0.5, 0.6) is 0 Å². The first-order valence-corrected chi connectivity index (χ1v) is 9.63. The average molecular weight is 326 g/mol. The summed E-state index contributed by atoms with van der Waals surface area (Å²) < 4.78 is 29.1. The summed E-state index contributed by atoms with van der Waals surface area (Å²) in [6.45, 7) is 8.52. The van der Waals surface area contributed by atoms with Crippen molar-refractivity contribution in [3.8, 4) is 0 Å². The molecule has 1 aliphatic heterocycles. The fraction of sp³-hybridized carbons (Fsp3) is 0.625. The van der Waals surface area contributed by atoms with E-state index in [-0.39, 0.29) is 0 Å². The molecule has 1 fully saturated rings. The highest BCUT2D eigenvalue weighted by Crippen LogP contribution is 2.22. The van der Waals surface area contributed by atoms with Crippen LogP contribution < -0.4 is 5.32 Å². The molecule has 1 N–H and O–H groups in total. The number of benzene rings is 1. The Labute approximate surface area is 133 Å². The summed E-state index contributed by atoms with van der Waals surface area (Å²) in [5, 5.41) is 3.34. The number of hydrogen-bond acceptors (Lipinski definition) is 5. The molecule has 1 atom stereocenters. The predicted octanol–water partition coefficient (Wildman–Crippen LogP) is 1.86. The summed E-state index contributed by atoms with van der Waals surface area (Å²) in [6, 6.07) is 7.44. The van der Waals surface area contributed by atoms with E-state index in [4.69, 9.17) is 4.74 Å². The van der Waals surface area contributed by atoms with Crippen LogP contribution in [0, 0.1) is 5.92 Å². The Morgan fingerprint density at radius 2 is 1.86 bits per heavy atom. The standard InChI is InChI=1S/C16H26N2O3S/c1-13(2)15(18-8-10-21-11-9-18)12-17-14-6-4-5-7-16(14)22(3,19)20/h4-7,13,15,17H,8-12H2,1-3H3. The van der Waals surface area contributed by atoms with Crippen molar-refractivity contribution in [1.29, 1.82) is 0 Å². The minimum atomic E-state index is -3.22. The minimum absolute atomic E-state index is 0.358. The van der Waals surface area contributed by atoms with Crippen molar-refractivity contribution < 1.29 is 13.2 Å². The second kappa shape index (κ2) is 7.44. The van der Waals surface area contributed by atoms with Gasteiger partial charge in [0.2, 0.25) is 0 Å². The van der Waals surface area contributed by atoms with Crippen LogP contribution >= 0.6 is 0 Å². The third kappa shape index (κ3) is 4.44. The highest BCUT2D eigenvalue weighted by atomic mass is 32.2. The molecule has 0 aromatic heterocycles. The molecule has 1 aromatic carbocycles. The Kier molecular flexibility index (Phi) is 5.83. The van der Waals surface area contributed by atoms with E-state index < -0.39 is 9.84 Å². The lowest BCUT2D eigenvalue weighted by Gasteiger charge is -2.37. The Morgan fingerprint density at radius 3 is 2.45 bits per heavy atom. The number of para-hydroxylation sites is 1. The smallest absolute Gasteiger partial charge is 0.177 e. The minimum Gasteiger partial charge on any atom is -0.382 e. The van der Waals surface area contributed by atoms with Gasteiger partial charge in [0, 0.05) is 31.9 Å². The quantitative estimate of drug-likeness (QED) is 0.865. The summed E-state index contributed by atoms with van der Waals surface area (Å²) in [5.74, 6) is 0.482. The van der Waals surface area contributed by atoms with Gasteiger partial charge < -0.3 is 10.1 Å². The number of hydrogen-bond donors (Lipinski definition) is 1. The monoisotopic (exact) mass is 326 g/mol. The van der Waals surface area contributed by atoms with Gasteiger partial charge in [-0.3, -0.25) is 4.90 Å². The topological polar surface area (TPSA) is 58.6 Å². The van der Waals surface area contributed by atoms with E-state index in [1.807, 2.05) is 12.1 Å². The Bertz CT molecular complexity index is 581. The van der Waals surface area contributed by atoms with Crippen LogP contribution in [0.4, 0.5) is 5.69 Å². The van der Waals surface area contributed by atoms with Gasteiger partial charge in [0.15, 0.2) is 9.84 Å². The molecule has 1 aliphatic rings. The molecule has 1 aromatic rings. The van der Waals surface area contributed by atoms with E-state index in [2.05, 4.69) is 24.1 Å². The van der Waals surface area contributed by atoms with Crippen LogP contribution in [0.15, 0.2) is 29.2 Å². The molecule has 0 bridgehead atoms. The number of anilines is 1. The Hall–Kier alpha value is -1.11. The molecule has 0 radical (unpaired) electrons. The highest BCUT2D eigenvalue weighted by Gasteiger charge is 2.24.